The Hall–Kier alpha value is -3.35. The zero-order valence-electron chi connectivity index (χ0n) is 18.1. The van der Waals surface area contributed by atoms with Gasteiger partial charge in [-0.3, -0.25) is 14.9 Å². The summed E-state index contributed by atoms with van der Waals surface area (Å²) in [5.41, 5.74) is 0.920. The van der Waals surface area contributed by atoms with Crippen molar-refractivity contribution >= 4 is 21.8 Å². The fraction of sp³-hybridized carbons (Fsp3) is 0.118. The summed E-state index contributed by atoms with van der Waals surface area (Å²) >= 11 is 0. The first-order chi connectivity index (χ1) is 14.0. The van der Waals surface area contributed by atoms with Crippen LogP contribution in [0.1, 0.15) is 8.22 Å². The first kappa shape index (κ1) is 9.07. The zero-order valence-corrected chi connectivity index (χ0v) is 12.1. The summed E-state index contributed by atoms with van der Waals surface area (Å²) in [4.78, 5) is 20.9. The lowest BCUT2D eigenvalue weighted by Gasteiger charge is -2.03. The van der Waals surface area contributed by atoms with Gasteiger partial charge >= 0.3 is 0 Å². The predicted octanol–water partition coefficient (Wildman–Crippen LogP) is 2.28. The van der Waals surface area contributed by atoms with Gasteiger partial charge in [0.1, 0.15) is 5.75 Å². The molecule has 0 saturated heterocycles. The number of ether oxygens (including phenoxy) is 2. The van der Waals surface area contributed by atoms with E-state index in [0.717, 1.165) is 0 Å². The molecule has 3 heterocycles. The molecule has 0 aliphatic carbocycles. The Labute approximate surface area is 144 Å². The Morgan fingerprint density at radius 3 is 2.79 bits per heavy atom. The Bertz CT molecular complexity index is 1290. The summed E-state index contributed by atoms with van der Waals surface area (Å²) in [6, 6.07) is 7.39. The van der Waals surface area contributed by atoms with Gasteiger partial charge in [0, 0.05) is 23.7 Å². The van der Waals surface area contributed by atoms with E-state index in [4.69, 9.17) is 17.7 Å². The van der Waals surface area contributed by atoms with Gasteiger partial charge in [-0.05, 0) is 18.2 Å². The van der Waals surface area contributed by atoms with Gasteiger partial charge in [-0.1, -0.05) is 0 Å². The van der Waals surface area contributed by atoms with Crippen LogP contribution in [0.5, 0.6) is 11.6 Å². The molecule has 0 fully saturated rings. The summed E-state index contributed by atoms with van der Waals surface area (Å²) in [7, 11) is -5.21. The lowest BCUT2D eigenvalue weighted by molar-refractivity contribution is 0.397. The number of aromatic nitrogens is 4. The van der Waals surface area contributed by atoms with Gasteiger partial charge in [-0.2, -0.15) is 0 Å². The highest BCUT2D eigenvalue weighted by Crippen LogP contribution is 2.24. The highest BCUT2D eigenvalue weighted by Gasteiger charge is 2.12. The van der Waals surface area contributed by atoms with Crippen LogP contribution >= 0.6 is 0 Å². The van der Waals surface area contributed by atoms with Gasteiger partial charge in [-0.15, -0.1) is 0 Å². The van der Waals surface area contributed by atoms with E-state index in [0.29, 0.717) is 27.5 Å². The number of nitrogens with zero attached hydrogens (tertiary/aromatic N) is 3. The SMILES string of the molecule is [2H]C([2H])([2H])Oc1ccc2c(c1)ncc1c(=O)n(-c3ccc(OC([2H])([2H])[2H])nc3)[nH]c12. The summed E-state index contributed by atoms with van der Waals surface area (Å²) in [6.45, 7) is 0. The van der Waals surface area contributed by atoms with Crippen molar-refractivity contribution in [3.8, 4) is 17.3 Å². The van der Waals surface area contributed by atoms with Gasteiger partial charge in [0.2, 0.25) is 5.88 Å². The van der Waals surface area contributed by atoms with Crippen LogP contribution in [0.15, 0.2) is 47.5 Å². The van der Waals surface area contributed by atoms with Crippen LogP contribution in [0.4, 0.5) is 0 Å². The van der Waals surface area contributed by atoms with Crippen LogP contribution in [0.3, 0.4) is 0 Å². The molecule has 0 aliphatic heterocycles. The molecule has 24 heavy (non-hydrogen) atoms. The molecule has 0 amide bonds. The van der Waals surface area contributed by atoms with E-state index in [-0.39, 0.29) is 17.2 Å². The van der Waals surface area contributed by atoms with E-state index in [1.807, 2.05) is 0 Å². The number of fused-ring (bicyclic) bond motifs is 3. The molecule has 0 saturated carbocycles. The molecule has 0 atom stereocenters. The van der Waals surface area contributed by atoms with E-state index in [2.05, 4.69) is 15.1 Å². The molecule has 7 nitrogen and oxygen atoms in total. The fourth-order valence-electron chi connectivity index (χ4n) is 2.55. The van der Waals surface area contributed by atoms with Crippen molar-refractivity contribution in [2.45, 2.75) is 0 Å². The van der Waals surface area contributed by atoms with Crippen molar-refractivity contribution in [3.05, 3.63) is 53.1 Å². The second-order valence-electron chi connectivity index (χ2n) is 5.04. The third-order valence-electron chi connectivity index (χ3n) is 3.70. The maximum atomic E-state index is 12.8. The quantitative estimate of drug-likeness (QED) is 0.624. The van der Waals surface area contributed by atoms with Crippen molar-refractivity contribution in [2.75, 3.05) is 14.1 Å². The van der Waals surface area contributed by atoms with E-state index >= 15 is 0 Å². The lowest BCUT2D eigenvalue weighted by Crippen LogP contribution is -2.14. The topological polar surface area (TPSA) is 82.0 Å². The maximum Gasteiger partial charge on any atom is 0.280 e. The first-order valence-corrected chi connectivity index (χ1v) is 6.88. The van der Waals surface area contributed by atoms with Gasteiger partial charge in [0.05, 0.1) is 50.6 Å². The van der Waals surface area contributed by atoms with E-state index in [9.17, 15) is 4.79 Å². The molecule has 0 bridgehead atoms. The molecular formula is C17H14N4O3. The second kappa shape index (κ2) is 5.38. The van der Waals surface area contributed by atoms with Crippen molar-refractivity contribution in [1.29, 1.82) is 0 Å². The van der Waals surface area contributed by atoms with Crippen molar-refractivity contribution in [2.24, 2.45) is 0 Å². The average molecular weight is 328 g/mol. The molecule has 7 heteroatoms. The van der Waals surface area contributed by atoms with Crippen molar-refractivity contribution in [3.63, 3.8) is 0 Å². The molecule has 3 aromatic heterocycles. The van der Waals surface area contributed by atoms with E-state index < -0.39 is 14.1 Å². The Balaban J connectivity index is 1.76. The second-order valence-corrected chi connectivity index (χ2v) is 5.04. The number of nitrogens with one attached hydrogen (secondary N) is 1. The lowest BCUT2D eigenvalue weighted by atomic mass is 10.1. The minimum atomic E-state index is -2.63. The molecule has 0 radical (unpaired) electrons. The number of hydrogen-bond donors (Lipinski definition) is 1. The molecule has 120 valence electrons. The number of hydrogen-bond acceptors (Lipinski definition) is 5. The molecule has 4 aromatic rings. The monoisotopic (exact) mass is 328 g/mol. The van der Waals surface area contributed by atoms with Crippen molar-refractivity contribution in [1.82, 2.24) is 19.7 Å². The Morgan fingerprint density at radius 1 is 1.08 bits per heavy atom. The van der Waals surface area contributed by atoms with Crippen molar-refractivity contribution < 1.29 is 17.7 Å². The van der Waals surface area contributed by atoms with Gasteiger partial charge < -0.3 is 9.47 Å². The van der Waals surface area contributed by atoms with Gasteiger partial charge in [0.25, 0.3) is 5.56 Å². The minimum Gasteiger partial charge on any atom is -0.497 e. The summed E-state index contributed by atoms with van der Waals surface area (Å²) in [5, 5.41) is 3.89. The zero-order chi connectivity index (χ0) is 21.7. The van der Waals surface area contributed by atoms with Gasteiger partial charge in [0.15, 0.2) is 0 Å². The third kappa shape index (κ3) is 2.10. The molecule has 0 spiro atoms. The number of benzene rings is 1. The normalized spacial score (nSPS) is 15.8. The largest absolute Gasteiger partial charge is 0.497 e. The standard InChI is InChI=1S/C17H14N4O3/c1-23-11-4-5-12-14(7-11)18-9-13-16(12)20-21(17(13)22)10-3-6-15(24-2)19-8-10/h3-9,20H,1-2H3/i1D3,2D3. The van der Waals surface area contributed by atoms with Crippen LogP contribution in [0, 0.1) is 0 Å². The van der Waals surface area contributed by atoms with Crippen LogP contribution in [0.25, 0.3) is 27.5 Å². The molecular weight excluding hydrogens is 308 g/mol. The third-order valence-corrected chi connectivity index (χ3v) is 3.70. The number of pyridine rings is 2. The highest BCUT2D eigenvalue weighted by atomic mass is 16.5. The van der Waals surface area contributed by atoms with E-state index in [1.165, 1.54) is 41.3 Å². The summed E-state index contributed by atoms with van der Waals surface area (Å²) in [6.07, 6.45) is 2.68. The van der Waals surface area contributed by atoms with Gasteiger partial charge in [-0.25, -0.2) is 9.67 Å². The smallest absolute Gasteiger partial charge is 0.280 e. The molecule has 1 N–H and O–H groups in total. The number of H-pyrrole nitrogens is 1. The average Bonchev–Trinajstić information content (AvgIpc) is 2.96. The number of methoxy groups -OCH3 is 2. The van der Waals surface area contributed by atoms with Crippen LogP contribution in [0.2, 0.25) is 0 Å². The Morgan fingerprint density at radius 2 is 2.00 bits per heavy atom. The summed E-state index contributed by atoms with van der Waals surface area (Å²) < 4.78 is 53.7. The summed E-state index contributed by atoms with van der Waals surface area (Å²) in [5.74, 6) is 0.0296. The first-order valence-electron chi connectivity index (χ1n) is 9.88. The fourth-order valence-corrected chi connectivity index (χ4v) is 2.55. The molecule has 0 unspecified atom stereocenters. The Kier molecular flexibility index (Phi) is 2.03. The molecule has 4 rings (SSSR count). The van der Waals surface area contributed by atoms with Crippen LogP contribution < -0.4 is 15.0 Å². The predicted molar refractivity (Wildman–Crippen MR) is 90.1 cm³/mol. The highest BCUT2D eigenvalue weighted by molar-refractivity contribution is 6.03. The minimum absolute atomic E-state index is 0.100. The number of aromatic amines is 1. The number of rotatable bonds is 3. The molecule has 1 aromatic carbocycles. The maximum absolute atomic E-state index is 12.8. The van der Waals surface area contributed by atoms with Crippen LogP contribution in [-0.2, 0) is 0 Å². The molecule has 0 aliphatic rings. The van der Waals surface area contributed by atoms with Crippen LogP contribution in [-0.4, -0.2) is 33.8 Å². The van der Waals surface area contributed by atoms with E-state index in [1.54, 1.807) is 6.07 Å².